The molecule has 1 aromatic carbocycles. The highest BCUT2D eigenvalue weighted by atomic mass is 35.5. The molecule has 0 aliphatic rings. The lowest BCUT2D eigenvalue weighted by atomic mass is 10.2. The molecule has 0 fully saturated rings. The lowest BCUT2D eigenvalue weighted by Crippen LogP contribution is -2.31. The number of methoxy groups -OCH3 is 1. The highest BCUT2D eigenvalue weighted by Crippen LogP contribution is 2.15. The van der Waals surface area contributed by atoms with Crippen molar-refractivity contribution in [3.8, 4) is 0 Å². The van der Waals surface area contributed by atoms with E-state index in [-0.39, 0.29) is 5.02 Å². The van der Waals surface area contributed by atoms with Crippen molar-refractivity contribution >= 4 is 17.4 Å². The van der Waals surface area contributed by atoms with E-state index < -0.39 is 5.82 Å². The largest absolute Gasteiger partial charge is 0.383 e. The second-order valence-corrected chi connectivity index (χ2v) is 3.40. The second-order valence-electron chi connectivity index (χ2n) is 3.00. The summed E-state index contributed by atoms with van der Waals surface area (Å²) in [6.07, 6.45) is 0. The molecule has 0 unspecified atom stereocenters. The van der Waals surface area contributed by atoms with Crippen LogP contribution in [0.5, 0.6) is 0 Å². The summed E-state index contributed by atoms with van der Waals surface area (Å²) in [5.74, 6) is 5.29. The van der Waals surface area contributed by atoms with Crippen molar-refractivity contribution in [2.24, 2.45) is 10.8 Å². The van der Waals surface area contributed by atoms with Crippen LogP contribution in [-0.2, 0) is 4.74 Å². The minimum absolute atomic E-state index is 0.0344. The smallest absolute Gasteiger partial charge is 0.142 e. The van der Waals surface area contributed by atoms with E-state index in [1.54, 1.807) is 13.2 Å². The Hall–Kier alpha value is -1.17. The van der Waals surface area contributed by atoms with Gasteiger partial charge in [0.1, 0.15) is 11.7 Å². The van der Waals surface area contributed by atoms with Crippen LogP contribution in [0.1, 0.15) is 5.56 Å². The predicted octanol–water partition coefficient (Wildman–Crippen LogP) is 1.34. The van der Waals surface area contributed by atoms with Gasteiger partial charge in [0.15, 0.2) is 0 Å². The molecule has 0 bridgehead atoms. The quantitative estimate of drug-likeness (QED) is 0.277. The SMILES string of the molecule is COCCN=C(NN)c1ccc(F)c(Cl)c1. The maximum absolute atomic E-state index is 12.9. The Morgan fingerprint density at radius 3 is 2.94 bits per heavy atom. The van der Waals surface area contributed by atoms with Gasteiger partial charge in [0.25, 0.3) is 0 Å². The Morgan fingerprint density at radius 1 is 1.62 bits per heavy atom. The standard InChI is InChI=1S/C10H13ClFN3O/c1-16-5-4-14-10(15-13)7-2-3-9(12)8(11)6-7/h2-3,6H,4-5,13H2,1H3,(H,14,15). The van der Waals surface area contributed by atoms with Crippen LogP contribution in [0.15, 0.2) is 23.2 Å². The zero-order valence-corrected chi connectivity index (χ0v) is 9.59. The first kappa shape index (κ1) is 12.9. The first-order valence-corrected chi connectivity index (χ1v) is 5.02. The van der Waals surface area contributed by atoms with Gasteiger partial charge in [-0.1, -0.05) is 11.6 Å². The second kappa shape index (κ2) is 6.42. The molecule has 6 heteroatoms. The van der Waals surface area contributed by atoms with Gasteiger partial charge in [-0.05, 0) is 18.2 Å². The molecule has 0 amide bonds. The Kier molecular flexibility index (Phi) is 5.18. The van der Waals surface area contributed by atoms with Gasteiger partial charge < -0.3 is 10.2 Å². The van der Waals surface area contributed by atoms with Crippen molar-refractivity contribution in [3.05, 3.63) is 34.6 Å². The number of hydrogen-bond donors (Lipinski definition) is 2. The molecular formula is C10H13ClFN3O. The van der Waals surface area contributed by atoms with Gasteiger partial charge in [-0.25, -0.2) is 10.2 Å². The highest BCUT2D eigenvalue weighted by molar-refractivity contribution is 6.31. The van der Waals surface area contributed by atoms with E-state index in [9.17, 15) is 4.39 Å². The van der Waals surface area contributed by atoms with Gasteiger partial charge in [0.2, 0.25) is 0 Å². The maximum Gasteiger partial charge on any atom is 0.142 e. The van der Waals surface area contributed by atoms with Crippen molar-refractivity contribution in [1.82, 2.24) is 5.43 Å². The van der Waals surface area contributed by atoms with E-state index in [4.69, 9.17) is 22.2 Å². The molecule has 1 rings (SSSR count). The first-order chi connectivity index (χ1) is 7.69. The van der Waals surface area contributed by atoms with Gasteiger partial charge in [-0.2, -0.15) is 0 Å². The van der Waals surface area contributed by atoms with Crippen LogP contribution in [0.2, 0.25) is 5.02 Å². The molecule has 0 aliphatic heterocycles. The summed E-state index contributed by atoms with van der Waals surface area (Å²) in [6, 6.07) is 4.27. The lowest BCUT2D eigenvalue weighted by Gasteiger charge is -2.06. The molecule has 0 heterocycles. The predicted molar refractivity (Wildman–Crippen MR) is 62.0 cm³/mol. The molecule has 0 aromatic heterocycles. The van der Waals surface area contributed by atoms with Crippen molar-refractivity contribution in [3.63, 3.8) is 0 Å². The molecule has 0 saturated carbocycles. The molecule has 0 saturated heterocycles. The number of halogens is 2. The third-order valence-electron chi connectivity index (χ3n) is 1.90. The number of hydrazine groups is 1. The normalized spacial score (nSPS) is 11.6. The van der Waals surface area contributed by atoms with E-state index in [0.717, 1.165) is 0 Å². The highest BCUT2D eigenvalue weighted by Gasteiger charge is 2.05. The Morgan fingerprint density at radius 2 is 2.38 bits per heavy atom. The summed E-state index contributed by atoms with van der Waals surface area (Å²) >= 11 is 5.65. The van der Waals surface area contributed by atoms with E-state index >= 15 is 0 Å². The molecule has 0 spiro atoms. The summed E-state index contributed by atoms with van der Waals surface area (Å²) in [6.45, 7) is 0.950. The van der Waals surface area contributed by atoms with E-state index in [0.29, 0.717) is 24.6 Å². The van der Waals surface area contributed by atoms with Gasteiger partial charge in [0.05, 0.1) is 18.2 Å². The zero-order chi connectivity index (χ0) is 12.0. The van der Waals surface area contributed by atoms with Gasteiger partial charge >= 0.3 is 0 Å². The van der Waals surface area contributed by atoms with E-state index in [2.05, 4.69) is 10.4 Å². The molecule has 16 heavy (non-hydrogen) atoms. The third kappa shape index (κ3) is 3.44. The van der Waals surface area contributed by atoms with Crippen LogP contribution in [-0.4, -0.2) is 26.1 Å². The van der Waals surface area contributed by atoms with Crippen LogP contribution >= 0.6 is 11.6 Å². The number of aliphatic imine (C=N–C) groups is 1. The van der Waals surface area contributed by atoms with Crippen LogP contribution < -0.4 is 11.3 Å². The Balaban J connectivity index is 2.86. The Bertz CT molecular complexity index is 384. The number of nitrogens with zero attached hydrogens (tertiary/aromatic N) is 1. The number of rotatable bonds is 4. The summed E-state index contributed by atoms with van der Waals surface area (Å²) in [5.41, 5.74) is 3.07. The topological polar surface area (TPSA) is 59.6 Å². The number of hydrogen-bond acceptors (Lipinski definition) is 3. The minimum Gasteiger partial charge on any atom is -0.383 e. The molecule has 0 radical (unpaired) electrons. The summed E-state index contributed by atoms with van der Waals surface area (Å²) in [7, 11) is 1.58. The summed E-state index contributed by atoms with van der Waals surface area (Å²) < 4.78 is 17.8. The van der Waals surface area contributed by atoms with Gasteiger partial charge in [-0.3, -0.25) is 4.99 Å². The molecule has 0 atom stereocenters. The van der Waals surface area contributed by atoms with Crippen LogP contribution in [0.25, 0.3) is 0 Å². The Labute approximate surface area is 98.2 Å². The lowest BCUT2D eigenvalue weighted by molar-refractivity contribution is 0.208. The van der Waals surface area contributed by atoms with E-state index in [1.807, 2.05) is 0 Å². The maximum atomic E-state index is 12.9. The average molecular weight is 246 g/mol. The molecule has 3 N–H and O–H groups in total. The molecule has 1 aromatic rings. The van der Waals surface area contributed by atoms with Gasteiger partial charge in [-0.15, -0.1) is 0 Å². The number of benzene rings is 1. The van der Waals surface area contributed by atoms with Crippen molar-refractivity contribution in [2.45, 2.75) is 0 Å². The number of amidine groups is 1. The van der Waals surface area contributed by atoms with Crippen LogP contribution in [0, 0.1) is 5.82 Å². The molecule has 88 valence electrons. The first-order valence-electron chi connectivity index (χ1n) is 4.64. The number of nitrogens with two attached hydrogens (primary N) is 1. The fraction of sp³-hybridized carbons (Fsp3) is 0.300. The van der Waals surface area contributed by atoms with Crippen molar-refractivity contribution in [1.29, 1.82) is 0 Å². The molecular weight excluding hydrogens is 233 g/mol. The van der Waals surface area contributed by atoms with Crippen LogP contribution in [0.3, 0.4) is 0 Å². The summed E-state index contributed by atoms with van der Waals surface area (Å²) in [5, 5.41) is 0.0344. The van der Waals surface area contributed by atoms with Crippen LogP contribution in [0.4, 0.5) is 4.39 Å². The minimum atomic E-state index is -0.473. The fourth-order valence-corrected chi connectivity index (χ4v) is 1.29. The van der Waals surface area contributed by atoms with E-state index in [1.165, 1.54) is 12.1 Å². The third-order valence-corrected chi connectivity index (χ3v) is 2.18. The molecule has 0 aliphatic carbocycles. The van der Waals surface area contributed by atoms with Crippen molar-refractivity contribution < 1.29 is 9.13 Å². The van der Waals surface area contributed by atoms with Gasteiger partial charge in [0, 0.05) is 12.7 Å². The zero-order valence-electron chi connectivity index (χ0n) is 8.84. The summed E-state index contributed by atoms with van der Waals surface area (Å²) in [4.78, 5) is 4.15. The van der Waals surface area contributed by atoms with Crippen molar-refractivity contribution in [2.75, 3.05) is 20.3 Å². The monoisotopic (exact) mass is 245 g/mol. The number of nitrogens with one attached hydrogen (secondary N) is 1. The molecule has 4 nitrogen and oxygen atoms in total. The number of ether oxygens (including phenoxy) is 1. The average Bonchev–Trinajstić information content (AvgIpc) is 2.29. The fourth-order valence-electron chi connectivity index (χ4n) is 1.11.